The maximum Gasteiger partial charge on any atom is 0 e. The van der Waals surface area contributed by atoms with Crippen LogP contribution in [0.4, 0.5) is 22.4 Å². The average molecular weight is 2600 g/mol. The number of nitrogens with zero attached hydrogens (tertiary/aromatic N) is 7. The predicted octanol–water partition coefficient (Wildman–Crippen LogP) is 22.7. The second-order valence-corrected chi connectivity index (χ2v) is 60.8. The van der Waals surface area contributed by atoms with Crippen molar-refractivity contribution < 1.29 is 132 Å². The molecule has 3 N–H and O–H groups in total. The summed E-state index contributed by atoms with van der Waals surface area (Å²) in [5.41, 5.74) is 14.0. The summed E-state index contributed by atoms with van der Waals surface area (Å²) in [7, 11) is 1.25. The fraction of sp³-hybridized carbons (Fsp3) is 0.406. The summed E-state index contributed by atoms with van der Waals surface area (Å²) in [5, 5.41) is 11.4. The topological polar surface area (TPSA) is 254 Å². The van der Waals surface area contributed by atoms with Gasteiger partial charge >= 0.3 is 117 Å². The molecule has 0 bridgehead atoms. The molecule has 2 saturated heterocycles. The second kappa shape index (κ2) is 46.7. The number of aromatic carboxylic acids is 1. The first-order chi connectivity index (χ1) is 59.1. The van der Waals surface area contributed by atoms with Crippen molar-refractivity contribution in [1.82, 2.24) is 34.6 Å². The number of aromatic nitrogens is 4. The van der Waals surface area contributed by atoms with Gasteiger partial charge in [-0.25, -0.2) is 51.9 Å². The molecule has 33 heteroatoms. The van der Waals surface area contributed by atoms with E-state index in [9.17, 15) is 41.5 Å². The van der Waals surface area contributed by atoms with E-state index in [1.54, 1.807) is 111 Å². The summed E-state index contributed by atoms with van der Waals surface area (Å²) < 4.78 is 89.0. The molecule has 0 aliphatic carbocycles. The minimum Gasteiger partial charge on any atom is 0 e. The molecule has 8 aromatic heterocycles. The molecule has 0 saturated carbocycles. The zero-order valence-electron chi connectivity index (χ0n) is 77.2. The van der Waals surface area contributed by atoms with Crippen molar-refractivity contribution >= 4 is 177 Å². The number of carbonyl (C=O) groups is 5. The van der Waals surface area contributed by atoms with Crippen molar-refractivity contribution in [1.29, 1.82) is 0 Å². The number of furan rings is 4. The van der Waals surface area contributed by atoms with Crippen LogP contribution in [0.5, 0.6) is 0 Å². The molecule has 694 valence electrons. The molecule has 12 aromatic rings. The Balaban J connectivity index is 0.000000260. The largest absolute Gasteiger partial charge is 0 e. The van der Waals surface area contributed by atoms with Crippen LogP contribution in [0.2, 0.25) is 0 Å². The Hall–Kier alpha value is -5.73. The molecule has 0 spiro atoms. The van der Waals surface area contributed by atoms with E-state index < -0.39 is 23.1 Å². The van der Waals surface area contributed by atoms with Gasteiger partial charge in [-0.1, -0.05) is 106 Å². The molecule has 2 aliphatic rings. The Morgan fingerprint density at radius 1 is 0.457 bits per heavy atom. The van der Waals surface area contributed by atoms with Crippen LogP contribution in [-0.2, 0) is 71.1 Å². The second-order valence-electron chi connectivity index (χ2n) is 37.3. The monoisotopic (exact) mass is 2600 g/mol. The van der Waals surface area contributed by atoms with E-state index in [0.717, 1.165) is 63.3 Å². The first kappa shape index (κ1) is 112. The number of alkyl halides is 1. The summed E-state index contributed by atoms with van der Waals surface area (Å²) in [6.07, 6.45) is -0.385. The standard InChI is InChI=1S/C30H38FN3O4.C25H30FN3O2.C21H22FNO3.C19H18FNO3.CH3I.ClH.4HI.2V.W/c1-18-14-19(10-11-21(18)31)22-15-20(28(2,3)4)25-23(32-22)16-24(37-25)26(35)34-13-12-33(17-30(34,8)9)27(36)38-29(5,6)7;1-15-11-16(7-8-18(15)26)19-12-17(24(2,3)4)22-20(28-19)13-21(31-22)23(30)29-10-9-27-14-25(29,5)6;1-6-25-20(24)18-11-17-19(26-18)14(21(3,4)5)10-16(23-17)13-7-8-15(22)12(2)9-13;1-10-7-11(5-6-13(10)20)14-8-12(19(2,3)4)17-15(21-14)9-16(24-17)18(22)23;1-2;;;;;;;;/h10-11,14-16H,12-13,17H2,1-9H3;7-8,11-13,27H,9-10,14H2,1-6H3;7-11H,6H2,1-5H3;5-9H,1-4H3,(H,22,23);1H3;5*1H;;;/q;;;;;;;;;;2*+2;/p-4. The molecule has 14 rings (SSSR count). The predicted molar refractivity (Wildman–Crippen MR) is 530 cm³/mol. The molecule has 10 heterocycles. The van der Waals surface area contributed by atoms with Gasteiger partial charge in [-0.2, -0.15) is 0 Å². The van der Waals surface area contributed by atoms with Gasteiger partial charge < -0.3 is 64.7 Å². The number of hydrogen-bond donors (Lipinski definition) is 2. The maximum atomic E-state index is 13.9. The van der Waals surface area contributed by atoms with Crippen LogP contribution >= 0.6 is 103 Å². The van der Waals surface area contributed by atoms with Crippen molar-refractivity contribution in [2.45, 2.75) is 205 Å². The number of halogens is 10. The average Bonchev–Trinajstić information content (AvgIpc) is 1.64. The zero-order valence-corrected chi connectivity index (χ0v) is 94.5. The van der Waals surface area contributed by atoms with Crippen molar-refractivity contribution in [2.24, 2.45) is 0 Å². The number of rotatable bonds is 9. The third kappa shape index (κ3) is 28.7. The summed E-state index contributed by atoms with van der Waals surface area (Å²) in [5.74, 6) is -2.52. The first-order valence-electron chi connectivity index (χ1n) is 41.1. The number of amides is 3. The summed E-state index contributed by atoms with van der Waals surface area (Å²) >= 11 is 11.6. The number of piperazine rings is 2. The number of benzene rings is 4. The zero-order chi connectivity index (χ0) is 94.9. The van der Waals surface area contributed by atoms with Crippen molar-refractivity contribution in [2.75, 3.05) is 50.8 Å². The van der Waals surface area contributed by atoms with Gasteiger partial charge in [0.1, 0.15) is 50.9 Å². The number of quaternary nitrogens is 1. The smallest absolute Gasteiger partial charge is 0 e. The van der Waals surface area contributed by atoms with Gasteiger partial charge in [0.2, 0.25) is 11.5 Å². The number of carbonyl (C=O) groups excluding carboxylic acids is 4. The van der Waals surface area contributed by atoms with E-state index in [0.29, 0.717) is 135 Å². The SMILES string of the molecule is CCOC(=O)c1cc2nc(-c3ccc(F)c(C)c3)cc(C(C)(C)C)c2o1.CI.Cc1cc(-c2cc(C(C)(C)C)c3oc(C(=O)N4CCN(C(=O)OC(C)(C)C)CC4(C)C)cc3n2)ccc1F.Cc1cc(-c2cc(C(C)(C)C)c3oc(C(=O)N4CC[NH2+]CC4(C)C)cc3n2)ccc1F.Cc1cc(-c2cc(C(C)(C)C)c3oc(C(=O)O)cc3n2)ccc1F.[Cl-].[I][V][I].[I][V][I].[W]. The number of carboxylic acid groups (broad SMARTS) is 1. The molecule has 0 atom stereocenters. The molecule has 129 heavy (non-hydrogen) atoms. The number of pyridine rings is 4. The van der Waals surface area contributed by atoms with E-state index in [-0.39, 0.29) is 126 Å². The van der Waals surface area contributed by atoms with Gasteiger partial charge in [-0.05, 0) is 229 Å². The summed E-state index contributed by atoms with van der Waals surface area (Å²) in [6.45, 7) is 50.7. The number of esters is 1. The quantitative estimate of drug-likeness (QED) is 0.0589. The van der Waals surface area contributed by atoms with Crippen LogP contribution in [-0.4, -0.2) is 137 Å². The molecule has 2 aliphatic heterocycles. The minimum absolute atomic E-state index is 0. The van der Waals surface area contributed by atoms with E-state index in [2.05, 4.69) is 194 Å². The minimum atomic E-state index is -1.13. The van der Waals surface area contributed by atoms with Gasteiger partial charge in [0.25, 0.3) is 11.8 Å². The molecular formula is C96H112ClF4I5N8O12V2W. The number of fused-ring (bicyclic) bond motifs is 4. The van der Waals surface area contributed by atoms with Crippen molar-refractivity contribution in [3.8, 4) is 45.0 Å². The maximum absolute atomic E-state index is 13.9. The number of nitrogens with two attached hydrogens (primary N) is 1. The first-order valence-corrected chi connectivity index (χ1v) is 61.2. The van der Waals surface area contributed by atoms with Crippen LogP contribution < -0.4 is 17.7 Å². The number of hydrogen-bond acceptors (Lipinski definition) is 15. The Bertz CT molecular complexity index is 6010. The van der Waals surface area contributed by atoms with Crippen LogP contribution in [0.15, 0.2) is 139 Å². The van der Waals surface area contributed by atoms with E-state index in [4.69, 9.17) is 42.2 Å². The fourth-order valence-corrected chi connectivity index (χ4v) is 14.5. The van der Waals surface area contributed by atoms with Gasteiger partial charge in [0.15, 0.2) is 33.9 Å². The van der Waals surface area contributed by atoms with Gasteiger partial charge in [-0.3, -0.25) is 9.59 Å². The molecule has 2 fully saturated rings. The third-order valence-corrected chi connectivity index (χ3v) is 21.0. The molecule has 20 nitrogen and oxygen atoms in total. The van der Waals surface area contributed by atoms with Crippen LogP contribution in [0, 0.1) is 51.0 Å². The van der Waals surface area contributed by atoms with Crippen molar-refractivity contribution in [3.05, 3.63) is 212 Å². The van der Waals surface area contributed by atoms with Gasteiger partial charge in [0, 0.05) is 109 Å². The Morgan fingerprint density at radius 3 is 1.02 bits per heavy atom. The third-order valence-electron chi connectivity index (χ3n) is 21.0. The Labute approximate surface area is 845 Å². The summed E-state index contributed by atoms with van der Waals surface area (Å²) in [4.78, 5) is 88.9. The number of carboxylic acids is 1. The van der Waals surface area contributed by atoms with Gasteiger partial charge in [-0.15, -0.1) is 0 Å². The molecule has 3 amide bonds. The summed E-state index contributed by atoms with van der Waals surface area (Å²) in [6, 6.07) is 33.9. The molecule has 4 aromatic carbocycles. The fourth-order valence-electron chi connectivity index (χ4n) is 14.5. The van der Waals surface area contributed by atoms with Crippen molar-refractivity contribution in [3.63, 3.8) is 0 Å². The van der Waals surface area contributed by atoms with E-state index in [1.807, 2.05) is 89.5 Å². The van der Waals surface area contributed by atoms with Crippen LogP contribution in [0.3, 0.4) is 0 Å². The van der Waals surface area contributed by atoms with E-state index >= 15 is 0 Å². The van der Waals surface area contributed by atoms with Crippen LogP contribution in [0.25, 0.3) is 89.4 Å². The Kier molecular flexibility index (Phi) is 40.5. The molecule has 0 unspecified atom stereocenters. The Morgan fingerprint density at radius 2 is 0.744 bits per heavy atom. The number of aryl methyl sites for hydroxylation is 4. The van der Waals surface area contributed by atoms with E-state index in [1.165, 1.54) is 30.3 Å². The van der Waals surface area contributed by atoms with Gasteiger partial charge in [0.05, 0.1) is 60.1 Å². The number of ether oxygens (including phenoxy) is 2. The molecular weight excluding hydrogens is 2490 g/mol. The van der Waals surface area contributed by atoms with Crippen LogP contribution in [0.1, 0.15) is 225 Å². The normalized spacial score (nSPS) is 13.6. The molecule has 0 radical (unpaired) electrons.